The fraction of sp³-hybridized carbons (Fsp3) is 0.143. The molecule has 0 saturated heterocycles. The fourth-order valence-corrected chi connectivity index (χ4v) is 1.94. The molecule has 0 N–H and O–H groups in total. The molecule has 0 radical (unpaired) electrons. The van der Waals surface area contributed by atoms with Crippen molar-refractivity contribution in [2.24, 2.45) is 0 Å². The summed E-state index contributed by atoms with van der Waals surface area (Å²) in [6.07, 6.45) is -5.75. The fourth-order valence-electron chi connectivity index (χ4n) is 1.94. The maximum atomic E-state index is 13.8. The molecule has 0 aliphatic rings. The summed E-state index contributed by atoms with van der Waals surface area (Å²) in [6, 6.07) is 2.23. The Morgan fingerprint density at radius 3 is 1.83 bits per heavy atom. The molecule has 0 spiro atoms. The number of hydrogen-bond donors (Lipinski definition) is 0. The number of hydrogen-bond acceptors (Lipinski definition) is 2. The first-order chi connectivity index (χ1) is 11.1. The summed E-state index contributed by atoms with van der Waals surface area (Å²) < 4.78 is 105. The highest BCUT2D eigenvalue weighted by Gasteiger charge is 2.34. The van der Waals surface area contributed by atoms with Crippen LogP contribution < -0.4 is 0 Å². The number of pyridine rings is 1. The second kappa shape index (κ2) is 6.07. The van der Waals surface area contributed by atoms with Gasteiger partial charge in [0.15, 0.2) is 23.3 Å². The summed E-state index contributed by atoms with van der Waals surface area (Å²) in [7, 11) is 0. The molecule has 0 atom stereocenters. The highest BCUT2D eigenvalue weighted by Crippen LogP contribution is 2.35. The third-order valence-corrected chi connectivity index (χ3v) is 2.99. The summed E-state index contributed by atoms with van der Waals surface area (Å²) >= 11 is 0. The van der Waals surface area contributed by atoms with Crippen molar-refractivity contribution < 1.29 is 35.1 Å². The first kappa shape index (κ1) is 17.7. The maximum absolute atomic E-state index is 13.8. The number of nitrogens with zero attached hydrogens (tertiary/aromatic N) is 2. The monoisotopic (exact) mass is 352 g/mol. The summed E-state index contributed by atoms with van der Waals surface area (Å²) in [5.74, 6) is -11.4. The van der Waals surface area contributed by atoms with Crippen molar-refractivity contribution in [1.29, 1.82) is 5.26 Å². The second-order valence-corrected chi connectivity index (χ2v) is 4.47. The van der Waals surface area contributed by atoms with Crippen LogP contribution >= 0.6 is 0 Å². The number of nitriles is 1. The molecule has 0 fully saturated rings. The molecule has 0 bridgehead atoms. The lowest BCUT2D eigenvalue weighted by molar-refractivity contribution is -0.141. The van der Waals surface area contributed by atoms with Gasteiger partial charge in [0.25, 0.3) is 0 Å². The standard InChI is InChI=1S/C14H4F8N2/c15-9-8(10(16)12(18)13(19)11(9)17)5-1-2-7(14(20,21)22)24-6(5)3-4-23/h1-2H,3H2. The molecule has 0 unspecified atom stereocenters. The van der Waals surface area contributed by atoms with Crippen molar-refractivity contribution in [1.82, 2.24) is 4.98 Å². The zero-order valence-electron chi connectivity index (χ0n) is 11.3. The van der Waals surface area contributed by atoms with Gasteiger partial charge < -0.3 is 0 Å². The summed E-state index contributed by atoms with van der Waals surface area (Å²) in [5, 5.41) is 8.61. The number of alkyl halides is 3. The molecule has 0 amide bonds. The third-order valence-electron chi connectivity index (χ3n) is 2.99. The van der Waals surface area contributed by atoms with E-state index in [4.69, 9.17) is 5.26 Å². The molecular formula is C14H4F8N2. The normalized spacial score (nSPS) is 11.5. The first-order valence-corrected chi connectivity index (χ1v) is 6.05. The lowest BCUT2D eigenvalue weighted by Gasteiger charge is -2.13. The molecule has 2 aromatic rings. The Morgan fingerprint density at radius 2 is 1.38 bits per heavy atom. The van der Waals surface area contributed by atoms with Crippen LogP contribution in [0, 0.1) is 40.4 Å². The molecule has 2 nitrogen and oxygen atoms in total. The Morgan fingerprint density at radius 1 is 0.875 bits per heavy atom. The minimum Gasteiger partial charge on any atom is -0.247 e. The molecule has 0 aliphatic heterocycles. The zero-order valence-corrected chi connectivity index (χ0v) is 11.3. The highest BCUT2D eigenvalue weighted by molar-refractivity contribution is 5.68. The Balaban J connectivity index is 2.81. The average molecular weight is 352 g/mol. The van der Waals surface area contributed by atoms with Crippen LogP contribution in [0.3, 0.4) is 0 Å². The van der Waals surface area contributed by atoms with Gasteiger partial charge >= 0.3 is 6.18 Å². The molecule has 0 aliphatic carbocycles. The molecule has 1 aromatic carbocycles. The van der Waals surface area contributed by atoms with E-state index in [1.54, 1.807) is 0 Å². The topological polar surface area (TPSA) is 36.7 Å². The van der Waals surface area contributed by atoms with Gasteiger partial charge in [-0.3, -0.25) is 0 Å². The van der Waals surface area contributed by atoms with E-state index < -0.39 is 64.2 Å². The van der Waals surface area contributed by atoms with Crippen molar-refractivity contribution in [2.75, 3.05) is 0 Å². The summed E-state index contributed by atoms with van der Waals surface area (Å²) in [5.41, 5.74) is -4.48. The van der Waals surface area contributed by atoms with Crippen LogP contribution in [-0.4, -0.2) is 4.98 Å². The minimum absolute atomic E-state index is 0.314. The SMILES string of the molecule is N#CCc1nc(C(F)(F)F)ccc1-c1c(F)c(F)c(F)c(F)c1F. The smallest absolute Gasteiger partial charge is 0.247 e. The van der Waals surface area contributed by atoms with E-state index in [2.05, 4.69) is 4.98 Å². The molecule has 126 valence electrons. The molecule has 2 rings (SSSR count). The third kappa shape index (κ3) is 2.89. The van der Waals surface area contributed by atoms with Crippen molar-refractivity contribution in [3.63, 3.8) is 0 Å². The van der Waals surface area contributed by atoms with Gasteiger partial charge in [-0.05, 0) is 6.07 Å². The van der Waals surface area contributed by atoms with Crippen molar-refractivity contribution in [2.45, 2.75) is 12.6 Å². The van der Waals surface area contributed by atoms with Gasteiger partial charge in [-0.15, -0.1) is 0 Å². The van der Waals surface area contributed by atoms with Gasteiger partial charge in [0.2, 0.25) is 5.82 Å². The number of rotatable bonds is 2. The van der Waals surface area contributed by atoms with E-state index in [1.807, 2.05) is 0 Å². The Labute approximate surface area is 129 Å². The zero-order chi connectivity index (χ0) is 18.2. The molecule has 1 heterocycles. The molecule has 0 saturated carbocycles. The van der Waals surface area contributed by atoms with Gasteiger partial charge in [0, 0.05) is 5.56 Å². The molecule has 24 heavy (non-hydrogen) atoms. The Hall–Kier alpha value is -2.70. The quantitative estimate of drug-likeness (QED) is 0.452. The van der Waals surface area contributed by atoms with E-state index in [-0.39, 0.29) is 0 Å². The minimum atomic E-state index is -4.92. The second-order valence-electron chi connectivity index (χ2n) is 4.47. The van der Waals surface area contributed by atoms with E-state index in [1.165, 1.54) is 6.07 Å². The Kier molecular flexibility index (Phi) is 4.46. The van der Waals surface area contributed by atoms with Gasteiger partial charge in [0.1, 0.15) is 5.69 Å². The van der Waals surface area contributed by atoms with E-state index in [0.717, 1.165) is 0 Å². The van der Waals surface area contributed by atoms with Crippen LogP contribution in [0.1, 0.15) is 11.4 Å². The summed E-state index contributed by atoms with van der Waals surface area (Å²) in [4.78, 5) is 3.05. The predicted molar refractivity (Wildman–Crippen MR) is 63.8 cm³/mol. The van der Waals surface area contributed by atoms with Crippen molar-refractivity contribution in [3.8, 4) is 17.2 Å². The van der Waals surface area contributed by atoms with Crippen LogP contribution in [0.4, 0.5) is 35.1 Å². The van der Waals surface area contributed by atoms with Crippen molar-refractivity contribution >= 4 is 0 Å². The van der Waals surface area contributed by atoms with Crippen LogP contribution in [-0.2, 0) is 12.6 Å². The largest absolute Gasteiger partial charge is 0.433 e. The average Bonchev–Trinajstić information content (AvgIpc) is 2.52. The summed E-state index contributed by atoms with van der Waals surface area (Å²) in [6.45, 7) is 0. The van der Waals surface area contributed by atoms with Crippen LogP contribution in [0.15, 0.2) is 12.1 Å². The van der Waals surface area contributed by atoms with E-state index >= 15 is 0 Å². The van der Waals surface area contributed by atoms with Crippen LogP contribution in [0.5, 0.6) is 0 Å². The lowest BCUT2D eigenvalue weighted by Crippen LogP contribution is -2.11. The molecular weight excluding hydrogens is 348 g/mol. The Bertz CT molecular complexity index is 822. The van der Waals surface area contributed by atoms with Gasteiger partial charge in [0.05, 0.1) is 23.7 Å². The van der Waals surface area contributed by atoms with Gasteiger partial charge in [-0.2, -0.15) is 18.4 Å². The molecule has 1 aromatic heterocycles. The van der Waals surface area contributed by atoms with Gasteiger partial charge in [-0.25, -0.2) is 26.9 Å². The highest BCUT2D eigenvalue weighted by atomic mass is 19.4. The number of halogens is 8. The number of aromatic nitrogens is 1. The maximum Gasteiger partial charge on any atom is 0.433 e. The predicted octanol–water partition coefficient (Wildman–Crippen LogP) is 4.53. The number of benzene rings is 1. The molecule has 10 heteroatoms. The lowest BCUT2D eigenvalue weighted by atomic mass is 10.00. The van der Waals surface area contributed by atoms with E-state index in [0.29, 0.717) is 12.1 Å². The van der Waals surface area contributed by atoms with Crippen LogP contribution in [0.25, 0.3) is 11.1 Å². The van der Waals surface area contributed by atoms with Crippen LogP contribution in [0.2, 0.25) is 0 Å². The van der Waals surface area contributed by atoms with E-state index in [9.17, 15) is 35.1 Å². The van der Waals surface area contributed by atoms with Crippen molar-refractivity contribution in [3.05, 3.63) is 52.6 Å². The van der Waals surface area contributed by atoms with Gasteiger partial charge in [-0.1, -0.05) is 6.07 Å². The first-order valence-electron chi connectivity index (χ1n) is 6.05.